The number of rotatable bonds is 8. The molecule has 0 bridgehead atoms. The number of benzene rings is 1. The largest absolute Gasteiger partial charge is 0.326 e. The number of sulfonamides is 1. The molecule has 0 saturated carbocycles. The molecule has 0 atom stereocenters. The SMILES string of the molecule is CNS(=O)(=O)c1ccc(NC(=O)CCc2c(C)nn(CC(C)C)c2C)cc1. The van der Waals surface area contributed by atoms with Crippen LogP contribution in [0.2, 0.25) is 0 Å². The number of nitrogens with zero attached hydrogens (tertiary/aromatic N) is 2. The molecule has 0 unspecified atom stereocenters. The summed E-state index contributed by atoms with van der Waals surface area (Å²) in [4.78, 5) is 12.4. The van der Waals surface area contributed by atoms with Gasteiger partial charge >= 0.3 is 0 Å². The third-order valence-electron chi connectivity index (χ3n) is 4.39. The zero-order valence-electron chi connectivity index (χ0n) is 16.5. The normalized spacial score (nSPS) is 11.8. The highest BCUT2D eigenvalue weighted by Gasteiger charge is 2.14. The number of amides is 1. The van der Waals surface area contributed by atoms with Gasteiger partial charge in [0.2, 0.25) is 15.9 Å². The van der Waals surface area contributed by atoms with Crippen LogP contribution in [0, 0.1) is 19.8 Å². The molecule has 0 saturated heterocycles. The van der Waals surface area contributed by atoms with Crippen molar-refractivity contribution < 1.29 is 13.2 Å². The molecule has 1 aromatic carbocycles. The van der Waals surface area contributed by atoms with Crippen molar-refractivity contribution >= 4 is 21.6 Å². The van der Waals surface area contributed by atoms with Crippen LogP contribution in [0.4, 0.5) is 5.69 Å². The predicted octanol–water partition coefficient (Wildman–Crippen LogP) is 2.64. The molecule has 0 aliphatic carbocycles. The van der Waals surface area contributed by atoms with E-state index in [-0.39, 0.29) is 10.8 Å². The van der Waals surface area contributed by atoms with Crippen molar-refractivity contribution in [2.45, 2.75) is 52.0 Å². The fourth-order valence-electron chi connectivity index (χ4n) is 2.92. The van der Waals surface area contributed by atoms with Crippen LogP contribution in [-0.4, -0.2) is 31.2 Å². The first-order valence-corrected chi connectivity index (χ1v) is 10.5. The Hall–Kier alpha value is -2.19. The summed E-state index contributed by atoms with van der Waals surface area (Å²) in [6, 6.07) is 6.09. The summed E-state index contributed by atoms with van der Waals surface area (Å²) in [6.07, 6.45) is 0.958. The smallest absolute Gasteiger partial charge is 0.240 e. The molecule has 7 nitrogen and oxygen atoms in total. The third kappa shape index (κ3) is 5.40. The second-order valence-corrected chi connectivity index (χ2v) is 8.89. The quantitative estimate of drug-likeness (QED) is 0.722. The lowest BCUT2D eigenvalue weighted by Crippen LogP contribution is -2.18. The van der Waals surface area contributed by atoms with Crippen LogP contribution < -0.4 is 10.0 Å². The van der Waals surface area contributed by atoms with Crippen LogP contribution in [0.1, 0.15) is 37.2 Å². The maximum Gasteiger partial charge on any atom is 0.240 e. The predicted molar refractivity (Wildman–Crippen MR) is 106 cm³/mol. The highest BCUT2D eigenvalue weighted by atomic mass is 32.2. The van der Waals surface area contributed by atoms with E-state index in [1.54, 1.807) is 12.1 Å². The van der Waals surface area contributed by atoms with Gasteiger partial charge in [0.25, 0.3) is 0 Å². The number of hydrogen-bond donors (Lipinski definition) is 2. The maximum absolute atomic E-state index is 12.3. The summed E-state index contributed by atoms with van der Waals surface area (Å²) < 4.78 is 27.7. The molecule has 148 valence electrons. The highest BCUT2D eigenvalue weighted by Crippen LogP contribution is 2.18. The first kappa shape index (κ1) is 21.1. The second-order valence-electron chi connectivity index (χ2n) is 7.01. The van der Waals surface area contributed by atoms with Gasteiger partial charge in [0, 0.05) is 24.3 Å². The van der Waals surface area contributed by atoms with E-state index in [4.69, 9.17) is 0 Å². The van der Waals surface area contributed by atoms with E-state index in [9.17, 15) is 13.2 Å². The molecule has 2 N–H and O–H groups in total. The van der Waals surface area contributed by atoms with Crippen LogP contribution in [0.25, 0.3) is 0 Å². The zero-order valence-corrected chi connectivity index (χ0v) is 17.4. The lowest BCUT2D eigenvalue weighted by atomic mass is 10.1. The van der Waals surface area contributed by atoms with E-state index in [0.29, 0.717) is 24.4 Å². The van der Waals surface area contributed by atoms with Crippen molar-refractivity contribution in [3.05, 3.63) is 41.2 Å². The van der Waals surface area contributed by atoms with Crippen LogP contribution in [0.3, 0.4) is 0 Å². The number of aryl methyl sites for hydroxylation is 1. The van der Waals surface area contributed by atoms with Gasteiger partial charge in [-0.3, -0.25) is 9.48 Å². The van der Waals surface area contributed by atoms with E-state index in [2.05, 4.69) is 29.0 Å². The lowest BCUT2D eigenvalue weighted by Gasteiger charge is -2.09. The third-order valence-corrected chi connectivity index (χ3v) is 5.82. The van der Waals surface area contributed by atoms with E-state index in [0.717, 1.165) is 23.5 Å². The second kappa shape index (κ2) is 8.67. The van der Waals surface area contributed by atoms with Gasteiger partial charge in [-0.1, -0.05) is 13.8 Å². The molecule has 2 rings (SSSR count). The van der Waals surface area contributed by atoms with Gasteiger partial charge in [-0.15, -0.1) is 0 Å². The highest BCUT2D eigenvalue weighted by molar-refractivity contribution is 7.89. The van der Waals surface area contributed by atoms with Gasteiger partial charge in [0.1, 0.15) is 0 Å². The van der Waals surface area contributed by atoms with Gasteiger partial charge in [0.05, 0.1) is 10.6 Å². The molecule has 1 heterocycles. The van der Waals surface area contributed by atoms with Gasteiger partial charge in [0.15, 0.2) is 0 Å². The monoisotopic (exact) mass is 392 g/mol. The topological polar surface area (TPSA) is 93.1 Å². The molecule has 0 aliphatic rings. The van der Waals surface area contributed by atoms with Gasteiger partial charge in [-0.25, -0.2) is 13.1 Å². The summed E-state index contributed by atoms with van der Waals surface area (Å²) in [6.45, 7) is 9.17. The Kier molecular flexibility index (Phi) is 6.78. The van der Waals surface area contributed by atoms with Crippen LogP contribution in [0.5, 0.6) is 0 Å². The molecule has 0 fully saturated rings. The van der Waals surface area contributed by atoms with Crippen LogP contribution >= 0.6 is 0 Å². The Bertz CT molecular complexity index is 900. The Balaban J connectivity index is 1.98. The molecule has 2 aromatic rings. The van der Waals surface area contributed by atoms with Crippen molar-refractivity contribution in [2.75, 3.05) is 12.4 Å². The zero-order chi connectivity index (χ0) is 20.2. The first-order chi connectivity index (χ1) is 12.6. The summed E-state index contributed by atoms with van der Waals surface area (Å²) in [5, 5.41) is 7.38. The molecule has 0 radical (unpaired) electrons. The Morgan fingerprint density at radius 3 is 2.37 bits per heavy atom. The average molecular weight is 393 g/mol. The number of hydrogen-bond acceptors (Lipinski definition) is 4. The summed E-state index contributed by atoms with van der Waals surface area (Å²) in [7, 11) is -2.12. The molecule has 0 spiro atoms. The van der Waals surface area contributed by atoms with Crippen molar-refractivity contribution in [1.82, 2.24) is 14.5 Å². The maximum atomic E-state index is 12.3. The molecule has 1 aromatic heterocycles. The standard InChI is InChI=1S/C19H28N4O3S/c1-13(2)12-23-15(4)18(14(3)22-23)10-11-19(24)21-16-6-8-17(9-7-16)27(25,26)20-5/h6-9,13,20H,10-12H2,1-5H3,(H,21,24). The molecular formula is C19H28N4O3S. The van der Waals surface area contributed by atoms with E-state index < -0.39 is 10.0 Å². The van der Waals surface area contributed by atoms with Gasteiger partial charge < -0.3 is 5.32 Å². The van der Waals surface area contributed by atoms with Gasteiger partial charge in [-0.05, 0) is 63.1 Å². The van der Waals surface area contributed by atoms with E-state index in [1.165, 1.54) is 19.2 Å². The number of anilines is 1. The van der Waals surface area contributed by atoms with E-state index >= 15 is 0 Å². The Morgan fingerprint density at radius 2 is 1.81 bits per heavy atom. The molecule has 1 amide bonds. The average Bonchev–Trinajstić information content (AvgIpc) is 2.86. The van der Waals surface area contributed by atoms with Crippen molar-refractivity contribution in [2.24, 2.45) is 5.92 Å². The van der Waals surface area contributed by atoms with Crippen LogP contribution in [0.15, 0.2) is 29.2 Å². The molecule has 8 heteroatoms. The summed E-state index contributed by atoms with van der Waals surface area (Å²) in [5.41, 5.74) is 3.75. The minimum atomic E-state index is -3.48. The minimum absolute atomic E-state index is 0.116. The Morgan fingerprint density at radius 1 is 1.19 bits per heavy atom. The molecule has 27 heavy (non-hydrogen) atoms. The van der Waals surface area contributed by atoms with Crippen molar-refractivity contribution in [3.8, 4) is 0 Å². The fourth-order valence-corrected chi connectivity index (χ4v) is 3.65. The number of aromatic nitrogens is 2. The van der Waals surface area contributed by atoms with E-state index in [1.807, 2.05) is 18.5 Å². The molecular weight excluding hydrogens is 364 g/mol. The number of nitrogens with one attached hydrogen (secondary N) is 2. The van der Waals surface area contributed by atoms with Crippen molar-refractivity contribution in [3.63, 3.8) is 0 Å². The number of carbonyl (C=O) groups is 1. The number of carbonyl (C=O) groups excluding carboxylic acids is 1. The van der Waals surface area contributed by atoms with Crippen LogP contribution in [-0.2, 0) is 27.8 Å². The summed E-state index contributed by atoms with van der Waals surface area (Å²) >= 11 is 0. The Labute approximate surface area is 161 Å². The summed E-state index contributed by atoms with van der Waals surface area (Å²) in [5.74, 6) is 0.392. The minimum Gasteiger partial charge on any atom is -0.326 e. The van der Waals surface area contributed by atoms with Gasteiger partial charge in [-0.2, -0.15) is 5.10 Å². The molecule has 0 aliphatic heterocycles. The lowest BCUT2D eigenvalue weighted by molar-refractivity contribution is -0.116. The van der Waals surface area contributed by atoms with Crippen molar-refractivity contribution in [1.29, 1.82) is 0 Å². The fraction of sp³-hybridized carbons (Fsp3) is 0.474. The first-order valence-electron chi connectivity index (χ1n) is 9.00.